The highest BCUT2D eigenvalue weighted by atomic mass is 19.4. The number of hydrogen-bond acceptors (Lipinski definition) is 5. The molecule has 0 saturated carbocycles. The number of anilines is 2. The van der Waals surface area contributed by atoms with Crippen molar-refractivity contribution in [3.8, 4) is 11.4 Å². The maximum absolute atomic E-state index is 13.7. The smallest absolute Gasteiger partial charge is 0.450 e. The van der Waals surface area contributed by atoms with Gasteiger partial charge in [0.05, 0.1) is 30.0 Å². The summed E-state index contributed by atoms with van der Waals surface area (Å²) < 4.78 is 47.1. The van der Waals surface area contributed by atoms with Gasteiger partial charge in [0.1, 0.15) is 11.6 Å². The maximum atomic E-state index is 13.7. The van der Waals surface area contributed by atoms with Crippen molar-refractivity contribution in [3.63, 3.8) is 0 Å². The number of hydrogen-bond donors (Lipinski definition) is 1. The third-order valence-corrected chi connectivity index (χ3v) is 5.01. The Labute approximate surface area is 187 Å². The van der Waals surface area contributed by atoms with Gasteiger partial charge in [0.15, 0.2) is 0 Å². The number of nitrogens with zero attached hydrogens (tertiary/aromatic N) is 4. The van der Waals surface area contributed by atoms with Gasteiger partial charge in [-0.15, -0.1) is 0 Å². The van der Waals surface area contributed by atoms with Gasteiger partial charge in [-0.25, -0.2) is 9.97 Å². The number of alkyl halides is 3. The van der Waals surface area contributed by atoms with Crippen LogP contribution in [0, 0.1) is 0 Å². The van der Waals surface area contributed by atoms with Gasteiger partial charge in [0.2, 0.25) is 5.82 Å². The summed E-state index contributed by atoms with van der Waals surface area (Å²) in [5.41, 5.74) is 1.92. The Morgan fingerprint density at radius 2 is 1.79 bits per heavy atom. The van der Waals surface area contributed by atoms with E-state index >= 15 is 0 Å². The van der Waals surface area contributed by atoms with Crippen molar-refractivity contribution < 1.29 is 22.7 Å². The summed E-state index contributed by atoms with van der Waals surface area (Å²) in [7, 11) is 5.21. The summed E-state index contributed by atoms with van der Waals surface area (Å²) in [5.74, 6) is -0.849. The highest BCUT2D eigenvalue weighted by Gasteiger charge is 2.38. The first-order valence-electron chi connectivity index (χ1n) is 9.86. The lowest BCUT2D eigenvalue weighted by atomic mass is 10.2. The molecule has 0 saturated heterocycles. The lowest BCUT2D eigenvalue weighted by Gasteiger charge is -2.13. The number of pyridine rings is 1. The average molecular weight is 455 g/mol. The van der Waals surface area contributed by atoms with Gasteiger partial charge in [-0.3, -0.25) is 9.36 Å². The van der Waals surface area contributed by atoms with Gasteiger partial charge in [-0.1, -0.05) is 0 Å². The van der Waals surface area contributed by atoms with E-state index in [9.17, 15) is 18.0 Å². The second-order valence-corrected chi connectivity index (χ2v) is 7.42. The number of halogens is 3. The van der Waals surface area contributed by atoms with E-state index in [-0.39, 0.29) is 28.4 Å². The first kappa shape index (κ1) is 22.1. The van der Waals surface area contributed by atoms with Crippen LogP contribution in [-0.2, 0) is 6.18 Å². The summed E-state index contributed by atoms with van der Waals surface area (Å²) in [6.45, 7) is 0. The molecule has 2 heterocycles. The molecular formula is C23H20F3N5O2. The van der Waals surface area contributed by atoms with Crippen molar-refractivity contribution in [1.82, 2.24) is 14.5 Å². The summed E-state index contributed by atoms with van der Waals surface area (Å²) in [5, 5.41) is 2.65. The molecule has 0 atom stereocenters. The Morgan fingerprint density at radius 3 is 2.36 bits per heavy atom. The summed E-state index contributed by atoms with van der Waals surface area (Å²) in [4.78, 5) is 22.3. The van der Waals surface area contributed by atoms with E-state index in [2.05, 4.69) is 15.3 Å². The van der Waals surface area contributed by atoms with Crippen LogP contribution < -0.4 is 15.0 Å². The monoisotopic (exact) mass is 455 g/mol. The van der Waals surface area contributed by atoms with Crippen molar-refractivity contribution in [1.29, 1.82) is 0 Å². The van der Waals surface area contributed by atoms with Crippen molar-refractivity contribution in [2.45, 2.75) is 6.18 Å². The highest BCUT2D eigenvalue weighted by Crippen LogP contribution is 2.34. The Hall–Kier alpha value is -4.08. The fourth-order valence-corrected chi connectivity index (χ4v) is 3.33. The van der Waals surface area contributed by atoms with Crippen LogP contribution in [0.4, 0.5) is 24.7 Å². The molecule has 0 aliphatic carbocycles. The number of rotatable bonds is 5. The van der Waals surface area contributed by atoms with Crippen molar-refractivity contribution in [2.24, 2.45) is 0 Å². The Bertz CT molecular complexity index is 1300. The molecule has 0 radical (unpaired) electrons. The first-order valence-corrected chi connectivity index (χ1v) is 9.86. The molecule has 0 aliphatic rings. The number of nitrogens with one attached hydrogen (secondary N) is 1. The number of aromatic nitrogens is 3. The predicted octanol–water partition coefficient (Wildman–Crippen LogP) is 4.77. The number of benzene rings is 2. The van der Waals surface area contributed by atoms with Gasteiger partial charge in [-0.2, -0.15) is 13.2 Å². The van der Waals surface area contributed by atoms with E-state index in [0.29, 0.717) is 11.3 Å². The molecule has 1 amide bonds. The molecule has 33 heavy (non-hydrogen) atoms. The molecule has 0 bridgehead atoms. The van der Waals surface area contributed by atoms with E-state index in [0.717, 1.165) is 10.3 Å². The molecule has 4 aromatic rings. The quantitative estimate of drug-likeness (QED) is 0.470. The molecule has 0 fully saturated rings. The predicted molar refractivity (Wildman–Crippen MR) is 119 cm³/mol. The van der Waals surface area contributed by atoms with Crippen molar-refractivity contribution in [2.75, 3.05) is 31.4 Å². The third-order valence-electron chi connectivity index (χ3n) is 5.01. The van der Waals surface area contributed by atoms with Gasteiger partial charge < -0.3 is 15.0 Å². The third kappa shape index (κ3) is 4.45. The number of fused-ring (bicyclic) bond motifs is 1. The Morgan fingerprint density at radius 1 is 1.06 bits per heavy atom. The minimum atomic E-state index is -4.68. The van der Waals surface area contributed by atoms with Gasteiger partial charge in [0, 0.05) is 31.4 Å². The second-order valence-electron chi connectivity index (χ2n) is 7.42. The SMILES string of the molecule is COc1ccc2c(c1)nc(C(F)(F)F)n2-c1ccc(NC(=O)c2ccc(N(C)C)cc2)nc1. The molecule has 10 heteroatoms. The van der Waals surface area contributed by atoms with Crippen LogP contribution >= 0.6 is 0 Å². The lowest BCUT2D eigenvalue weighted by Crippen LogP contribution is -2.15. The summed E-state index contributed by atoms with van der Waals surface area (Å²) in [6.07, 6.45) is -3.43. The second kappa shape index (κ2) is 8.45. The van der Waals surface area contributed by atoms with Crippen LogP contribution in [0.5, 0.6) is 5.75 Å². The van der Waals surface area contributed by atoms with Crippen LogP contribution in [-0.4, -0.2) is 41.6 Å². The summed E-state index contributed by atoms with van der Waals surface area (Å²) >= 11 is 0. The van der Waals surface area contributed by atoms with Crippen LogP contribution in [0.3, 0.4) is 0 Å². The normalized spacial score (nSPS) is 11.5. The van der Waals surface area contributed by atoms with Crippen LogP contribution in [0.2, 0.25) is 0 Å². The van der Waals surface area contributed by atoms with Crippen LogP contribution in [0.25, 0.3) is 16.7 Å². The minimum Gasteiger partial charge on any atom is -0.497 e. The zero-order valence-electron chi connectivity index (χ0n) is 18.0. The Kier molecular flexibility index (Phi) is 5.67. The topological polar surface area (TPSA) is 72.3 Å². The number of amides is 1. The van der Waals surface area contributed by atoms with Crippen molar-refractivity contribution in [3.05, 3.63) is 72.2 Å². The molecule has 0 unspecified atom stereocenters. The molecule has 170 valence electrons. The minimum absolute atomic E-state index is 0.139. The van der Waals surface area contributed by atoms with Gasteiger partial charge in [-0.05, 0) is 48.5 Å². The fourth-order valence-electron chi connectivity index (χ4n) is 3.33. The average Bonchev–Trinajstić information content (AvgIpc) is 3.19. The van der Waals surface area contributed by atoms with E-state index in [1.54, 1.807) is 18.2 Å². The molecule has 2 aromatic heterocycles. The number of carbonyl (C=O) groups is 1. The fraction of sp³-hybridized carbons (Fsp3) is 0.174. The molecule has 0 aliphatic heterocycles. The molecule has 1 N–H and O–H groups in total. The van der Waals surface area contributed by atoms with E-state index in [1.165, 1.54) is 37.6 Å². The number of imidazole rings is 1. The Balaban J connectivity index is 1.63. The molecule has 4 rings (SSSR count). The zero-order chi connectivity index (χ0) is 23.8. The highest BCUT2D eigenvalue weighted by molar-refractivity contribution is 6.04. The largest absolute Gasteiger partial charge is 0.497 e. The van der Waals surface area contributed by atoms with Crippen LogP contribution in [0.1, 0.15) is 16.2 Å². The summed E-state index contributed by atoms with van der Waals surface area (Å²) in [6, 6.07) is 14.4. The van der Waals surface area contributed by atoms with Crippen LogP contribution in [0.15, 0.2) is 60.8 Å². The van der Waals surface area contributed by atoms with Gasteiger partial charge in [0.25, 0.3) is 5.91 Å². The molecule has 7 nitrogen and oxygen atoms in total. The molecule has 2 aromatic carbocycles. The lowest BCUT2D eigenvalue weighted by molar-refractivity contribution is -0.145. The van der Waals surface area contributed by atoms with E-state index in [1.807, 2.05) is 31.1 Å². The zero-order valence-corrected chi connectivity index (χ0v) is 18.0. The van der Waals surface area contributed by atoms with E-state index < -0.39 is 12.0 Å². The van der Waals surface area contributed by atoms with Gasteiger partial charge >= 0.3 is 6.18 Å². The number of methoxy groups -OCH3 is 1. The van der Waals surface area contributed by atoms with Crippen molar-refractivity contribution >= 4 is 28.4 Å². The molecular weight excluding hydrogens is 435 g/mol. The first-order chi connectivity index (χ1) is 15.7. The number of carbonyl (C=O) groups excluding carboxylic acids is 1. The standard InChI is InChI=1S/C23H20F3N5O2/c1-30(2)15-6-4-14(5-7-15)21(32)29-20-11-8-16(13-27-20)31-19-10-9-17(33-3)12-18(19)28-22(31)23(24,25)26/h4-13H,1-3H3,(H,27,29,32). The van der Waals surface area contributed by atoms with E-state index in [4.69, 9.17) is 4.74 Å². The maximum Gasteiger partial charge on any atom is 0.450 e. The number of ether oxygens (including phenoxy) is 1. The molecule has 0 spiro atoms.